The molecule has 0 unspecified atom stereocenters. The van der Waals surface area contributed by atoms with Crippen LogP contribution in [0.15, 0.2) is 24.3 Å². The van der Waals surface area contributed by atoms with Crippen molar-refractivity contribution in [1.29, 1.82) is 0 Å². The van der Waals surface area contributed by atoms with E-state index >= 15 is 0 Å². The number of ether oxygens (including phenoxy) is 1. The van der Waals surface area contributed by atoms with Gasteiger partial charge in [-0.3, -0.25) is 9.59 Å². The Hall–Kier alpha value is -2.00. The Morgan fingerprint density at radius 3 is 2.81 bits per heavy atom. The van der Waals surface area contributed by atoms with Crippen molar-refractivity contribution < 1.29 is 22.7 Å². The molecule has 1 saturated heterocycles. The summed E-state index contributed by atoms with van der Waals surface area (Å²) in [4.78, 5) is 28.0. The Balaban J connectivity index is 1.30. The van der Waals surface area contributed by atoms with Crippen LogP contribution in [0.25, 0.3) is 10.2 Å². The number of amides is 1. The maximum atomic E-state index is 11.7. The molecular weight excluding hydrogens is 388 g/mol. The minimum absolute atomic E-state index is 0.0432. The third-order valence-corrected chi connectivity index (χ3v) is 7.19. The van der Waals surface area contributed by atoms with Crippen LogP contribution in [0.2, 0.25) is 0 Å². The van der Waals surface area contributed by atoms with E-state index < -0.39 is 21.7 Å². The van der Waals surface area contributed by atoms with Crippen molar-refractivity contribution >= 4 is 43.3 Å². The van der Waals surface area contributed by atoms with Crippen LogP contribution in [-0.4, -0.2) is 49.4 Å². The topological polar surface area (TPSA) is 102 Å². The molecule has 0 bridgehead atoms. The number of carbonyl (C=O) groups is 2. The van der Waals surface area contributed by atoms with Gasteiger partial charge in [-0.1, -0.05) is 12.1 Å². The van der Waals surface area contributed by atoms with Crippen LogP contribution < -0.4 is 5.32 Å². The maximum Gasteiger partial charge on any atom is 0.306 e. The number of carbonyl (C=O) groups excluding carboxylic acids is 2. The number of sulfone groups is 1. The molecule has 1 aromatic carbocycles. The van der Waals surface area contributed by atoms with Gasteiger partial charge in [-0.25, -0.2) is 13.4 Å². The molecule has 9 heteroatoms. The van der Waals surface area contributed by atoms with Crippen LogP contribution in [0.3, 0.4) is 0 Å². The highest BCUT2D eigenvalue weighted by atomic mass is 32.2. The number of unbranched alkanes of at least 4 members (excludes halogenated alkanes) is 1. The highest BCUT2D eigenvalue weighted by Gasteiger charge is 2.28. The molecule has 2 aromatic rings. The second-order valence-electron chi connectivity index (χ2n) is 6.61. The monoisotopic (exact) mass is 410 g/mol. The smallest absolute Gasteiger partial charge is 0.306 e. The van der Waals surface area contributed by atoms with Gasteiger partial charge < -0.3 is 10.1 Å². The minimum Gasteiger partial charge on any atom is -0.456 e. The molecule has 7 nitrogen and oxygen atoms in total. The number of rotatable bonds is 8. The van der Waals surface area contributed by atoms with Crippen LogP contribution in [0.1, 0.15) is 30.7 Å². The number of fused-ring (bicyclic) bond motifs is 1. The predicted octanol–water partition coefficient (Wildman–Crippen LogP) is 1.86. The van der Waals surface area contributed by atoms with Gasteiger partial charge >= 0.3 is 5.97 Å². The highest BCUT2D eigenvalue weighted by molar-refractivity contribution is 7.91. The van der Waals surface area contributed by atoms with Gasteiger partial charge in [-0.15, -0.1) is 11.3 Å². The summed E-state index contributed by atoms with van der Waals surface area (Å²) in [7, 11) is -3.05. The van der Waals surface area contributed by atoms with Crippen molar-refractivity contribution in [3.05, 3.63) is 29.3 Å². The van der Waals surface area contributed by atoms with Crippen molar-refractivity contribution in [2.24, 2.45) is 0 Å². The van der Waals surface area contributed by atoms with Gasteiger partial charge in [0.05, 0.1) is 26.7 Å². The Kier molecular flexibility index (Phi) is 6.43. The molecule has 0 aliphatic carbocycles. The zero-order valence-corrected chi connectivity index (χ0v) is 16.5. The first-order valence-electron chi connectivity index (χ1n) is 8.91. The summed E-state index contributed by atoms with van der Waals surface area (Å²) >= 11 is 1.66. The normalized spacial score (nSPS) is 18.4. The Bertz CT molecular complexity index is 890. The third kappa shape index (κ3) is 6.00. The molecule has 0 saturated carbocycles. The van der Waals surface area contributed by atoms with Gasteiger partial charge in [0, 0.05) is 12.5 Å². The molecule has 0 radical (unpaired) electrons. The zero-order valence-electron chi connectivity index (χ0n) is 14.8. The lowest BCUT2D eigenvalue weighted by atomic mass is 10.2. The summed E-state index contributed by atoms with van der Waals surface area (Å²) in [5, 5.41) is 3.64. The van der Waals surface area contributed by atoms with Crippen molar-refractivity contribution in [1.82, 2.24) is 10.3 Å². The van der Waals surface area contributed by atoms with Crippen LogP contribution in [-0.2, 0) is 30.6 Å². The molecule has 0 spiro atoms. The first-order valence-corrected chi connectivity index (χ1v) is 11.5. The van der Waals surface area contributed by atoms with E-state index in [9.17, 15) is 18.0 Å². The summed E-state index contributed by atoms with van der Waals surface area (Å²) in [5.41, 5.74) is 0.998. The van der Waals surface area contributed by atoms with E-state index in [4.69, 9.17) is 4.74 Å². The van der Waals surface area contributed by atoms with E-state index in [-0.39, 0.29) is 30.6 Å². The predicted molar refractivity (Wildman–Crippen MR) is 103 cm³/mol. The number of para-hydroxylation sites is 1. The quantitative estimate of drug-likeness (QED) is 0.526. The third-order valence-electron chi connectivity index (χ3n) is 4.32. The van der Waals surface area contributed by atoms with E-state index in [0.29, 0.717) is 12.8 Å². The molecule has 1 amide bonds. The van der Waals surface area contributed by atoms with E-state index in [0.717, 1.165) is 28.1 Å². The van der Waals surface area contributed by atoms with Gasteiger partial charge in [0.25, 0.3) is 5.91 Å². The number of nitrogens with zero attached hydrogens (tertiary/aromatic N) is 1. The van der Waals surface area contributed by atoms with Gasteiger partial charge in [-0.2, -0.15) is 0 Å². The van der Waals surface area contributed by atoms with Gasteiger partial charge in [0.2, 0.25) is 0 Å². The van der Waals surface area contributed by atoms with E-state index in [1.165, 1.54) is 0 Å². The summed E-state index contributed by atoms with van der Waals surface area (Å²) < 4.78 is 28.8. The first kappa shape index (κ1) is 19.8. The number of aryl methyl sites for hydroxylation is 1. The molecule has 3 rings (SSSR count). The van der Waals surface area contributed by atoms with E-state index in [1.54, 1.807) is 11.3 Å². The number of hydrogen-bond donors (Lipinski definition) is 1. The van der Waals surface area contributed by atoms with E-state index in [1.807, 2.05) is 24.3 Å². The van der Waals surface area contributed by atoms with Crippen LogP contribution in [0.5, 0.6) is 0 Å². The number of thiazole rings is 1. The fourth-order valence-corrected chi connectivity index (χ4v) is 5.65. The molecule has 1 aliphatic rings. The second-order valence-corrected chi connectivity index (χ2v) is 9.95. The lowest BCUT2D eigenvalue weighted by Crippen LogP contribution is -2.38. The fraction of sp³-hybridized carbons (Fsp3) is 0.500. The Morgan fingerprint density at radius 2 is 2.07 bits per heavy atom. The summed E-state index contributed by atoms with van der Waals surface area (Å²) in [6, 6.07) is 7.60. The van der Waals surface area contributed by atoms with Crippen LogP contribution >= 0.6 is 11.3 Å². The van der Waals surface area contributed by atoms with Crippen molar-refractivity contribution in [3.8, 4) is 0 Å². The molecule has 1 aliphatic heterocycles. The number of nitrogens with one attached hydrogen (secondary N) is 1. The summed E-state index contributed by atoms with van der Waals surface area (Å²) in [6.07, 6.45) is 2.95. The summed E-state index contributed by atoms with van der Waals surface area (Å²) in [5.74, 6) is -0.835. The number of esters is 1. The highest BCUT2D eigenvalue weighted by Crippen LogP contribution is 2.22. The summed E-state index contributed by atoms with van der Waals surface area (Å²) in [6.45, 7) is -0.368. The van der Waals surface area contributed by atoms with Crippen LogP contribution in [0.4, 0.5) is 0 Å². The first-order chi connectivity index (χ1) is 12.9. The lowest BCUT2D eigenvalue weighted by Gasteiger charge is -2.10. The molecular formula is C18H22N2O5S2. The largest absolute Gasteiger partial charge is 0.456 e. The van der Waals surface area contributed by atoms with Crippen LogP contribution in [0, 0.1) is 0 Å². The van der Waals surface area contributed by atoms with E-state index in [2.05, 4.69) is 10.3 Å². The minimum atomic E-state index is -3.05. The standard InChI is InChI=1S/C18H22N2O5S2/c21-16(19-13-9-10-27(23,24)12-13)11-25-18(22)8-4-3-7-17-20-14-5-1-2-6-15(14)26-17/h1-2,5-6,13H,3-4,7-12H2,(H,19,21)/t13-/m1/s1. The number of aromatic nitrogens is 1. The Morgan fingerprint density at radius 1 is 1.26 bits per heavy atom. The molecule has 1 atom stereocenters. The molecule has 1 N–H and O–H groups in total. The van der Waals surface area contributed by atoms with Gasteiger partial charge in [0.15, 0.2) is 16.4 Å². The number of hydrogen-bond acceptors (Lipinski definition) is 7. The lowest BCUT2D eigenvalue weighted by molar-refractivity contribution is -0.148. The van der Waals surface area contributed by atoms with Crippen molar-refractivity contribution in [2.45, 2.75) is 38.1 Å². The van der Waals surface area contributed by atoms with Gasteiger partial charge in [0.1, 0.15) is 0 Å². The molecule has 146 valence electrons. The molecule has 2 heterocycles. The average Bonchev–Trinajstić information content (AvgIpc) is 3.19. The number of benzene rings is 1. The SMILES string of the molecule is O=C(COC(=O)CCCCc1nc2ccccc2s1)N[C@@H]1CCS(=O)(=O)C1. The maximum absolute atomic E-state index is 11.7. The molecule has 1 fully saturated rings. The van der Waals surface area contributed by atoms with Gasteiger partial charge in [-0.05, 0) is 37.8 Å². The zero-order chi connectivity index (χ0) is 19.3. The molecule has 27 heavy (non-hydrogen) atoms. The Labute approximate surface area is 162 Å². The second kappa shape index (κ2) is 8.79. The molecule has 1 aromatic heterocycles. The van der Waals surface area contributed by atoms with Crippen molar-refractivity contribution in [2.75, 3.05) is 18.1 Å². The average molecular weight is 411 g/mol. The fourth-order valence-electron chi connectivity index (χ4n) is 2.97. The van der Waals surface area contributed by atoms with Crippen molar-refractivity contribution in [3.63, 3.8) is 0 Å².